The van der Waals surface area contributed by atoms with Crippen LogP contribution in [-0.2, 0) is 4.79 Å². The van der Waals surface area contributed by atoms with Crippen molar-refractivity contribution in [2.75, 3.05) is 13.2 Å². The number of rotatable bonds is 6. The molecule has 1 aromatic carbocycles. The first kappa shape index (κ1) is 16.0. The van der Waals surface area contributed by atoms with E-state index in [1.165, 1.54) is 11.8 Å². The highest BCUT2D eigenvalue weighted by Crippen LogP contribution is 2.32. The number of thiocarbonyl (C=S) groups is 1. The van der Waals surface area contributed by atoms with Crippen LogP contribution in [0, 0.1) is 0 Å². The summed E-state index contributed by atoms with van der Waals surface area (Å²) in [6.45, 7) is 5.42. The van der Waals surface area contributed by atoms with Crippen molar-refractivity contribution in [1.29, 1.82) is 0 Å². The second kappa shape index (κ2) is 7.61. The third kappa shape index (κ3) is 4.08. The van der Waals surface area contributed by atoms with Gasteiger partial charge in [-0.3, -0.25) is 9.69 Å². The number of likely N-dealkylation sites (N-methyl/N-ethyl adjacent to an activating group) is 1. The van der Waals surface area contributed by atoms with Crippen LogP contribution in [0.1, 0.15) is 32.3 Å². The van der Waals surface area contributed by atoms with Gasteiger partial charge in [0.15, 0.2) is 0 Å². The van der Waals surface area contributed by atoms with Crippen molar-refractivity contribution in [2.24, 2.45) is 0 Å². The van der Waals surface area contributed by atoms with E-state index in [2.05, 4.69) is 6.92 Å². The topological polar surface area (TPSA) is 29.5 Å². The van der Waals surface area contributed by atoms with Gasteiger partial charge in [0, 0.05) is 6.54 Å². The van der Waals surface area contributed by atoms with Crippen LogP contribution < -0.4 is 4.74 Å². The van der Waals surface area contributed by atoms with Crippen molar-refractivity contribution in [3.05, 3.63) is 34.7 Å². The zero-order valence-corrected chi connectivity index (χ0v) is 13.9. The number of carbonyl (C=O) groups is 1. The van der Waals surface area contributed by atoms with Gasteiger partial charge >= 0.3 is 0 Å². The zero-order valence-electron chi connectivity index (χ0n) is 12.3. The van der Waals surface area contributed by atoms with Crippen LogP contribution >= 0.6 is 24.0 Å². The SMILES string of the molecule is CCCCOc1ccc(/C=C2/SC(=S)N(CC)C2=O)cc1. The minimum Gasteiger partial charge on any atom is -0.494 e. The fourth-order valence-electron chi connectivity index (χ4n) is 1.92. The van der Waals surface area contributed by atoms with Crippen molar-refractivity contribution in [3.8, 4) is 5.75 Å². The van der Waals surface area contributed by atoms with E-state index in [0.717, 1.165) is 30.8 Å². The van der Waals surface area contributed by atoms with Crippen molar-refractivity contribution in [3.63, 3.8) is 0 Å². The molecule has 5 heteroatoms. The van der Waals surface area contributed by atoms with Gasteiger partial charge in [0.05, 0.1) is 11.5 Å². The van der Waals surface area contributed by atoms with E-state index in [1.807, 2.05) is 37.3 Å². The van der Waals surface area contributed by atoms with Gasteiger partial charge < -0.3 is 4.74 Å². The number of ether oxygens (including phenoxy) is 1. The lowest BCUT2D eigenvalue weighted by Crippen LogP contribution is -2.27. The molecule has 2 rings (SSSR count). The van der Waals surface area contributed by atoms with Crippen LogP contribution in [0.4, 0.5) is 0 Å². The van der Waals surface area contributed by atoms with Gasteiger partial charge in [-0.25, -0.2) is 0 Å². The number of carbonyl (C=O) groups excluding carboxylic acids is 1. The minimum absolute atomic E-state index is 0.00391. The molecule has 1 heterocycles. The second-order valence-corrected chi connectivity index (χ2v) is 6.37. The summed E-state index contributed by atoms with van der Waals surface area (Å²) in [4.78, 5) is 14.4. The molecule has 0 radical (unpaired) electrons. The summed E-state index contributed by atoms with van der Waals surface area (Å²) in [7, 11) is 0. The molecule has 3 nitrogen and oxygen atoms in total. The standard InChI is InChI=1S/C16H19NO2S2/c1-3-5-10-19-13-8-6-12(7-9-13)11-14-15(18)17(4-2)16(20)21-14/h6-9,11H,3-5,10H2,1-2H3/b14-11+. The first-order valence-electron chi connectivity index (χ1n) is 7.14. The zero-order chi connectivity index (χ0) is 15.2. The molecule has 1 aliphatic heterocycles. The maximum Gasteiger partial charge on any atom is 0.266 e. The first-order valence-corrected chi connectivity index (χ1v) is 8.36. The molecule has 0 saturated carbocycles. The van der Waals surface area contributed by atoms with Gasteiger partial charge in [-0.2, -0.15) is 0 Å². The predicted molar refractivity (Wildman–Crippen MR) is 92.4 cm³/mol. The Balaban J connectivity index is 2.04. The molecule has 0 aliphatic carbocycles. The Morgan fingerprint density at radius 3 is 2.57 bits per heavy atom. The number of hydrogen-bond acceptors (Lipinski definition) is 4. The highest BCUT2D eigenvalue weighted by Gasteiger charge is 2.30. The summed E-state index contributed by atoms with van der Waals surface area (Å²) in [5.74, 6) is 0.859. The maximum absolute atomic E-state index is 12.1. The molecule has 0 atom stereocenters. The summed E-state index contributed by atoms with van der Waals surface area (Å²) < 4.78 is 6.25. The number of unbranched alkanes of at least 4 members (excludes halogenated alkanes) is 1. The lowest BCUT2D eigenvalue weighted by atomic mass is 10.2. The van der Waals surface area contributed by atoms with Crippen molar-refractivity contribution < 1.29 is 9.53 Å². The summed E-state index contributed by atoms with van der Waals surface area (Å²) >= 11 is 6.56. The highest BCUT2D eigenvalue weighted by molar-refractivity contribution is 8.26. The molecule has 0 N–H and O–H groups in total. The summed E-state index contributed by atoms with van der Waals surface area (Å²) in [6.07, 6.45) is 4.06. The fourth-order valence-corrected chi connectivity index (χ4v) is 3.30. The molecule has 1 aromatic rings. The largest absolute Gasteiger partial charge is 0.494 e. The van der Waals surface area contributed by atoms with Gasteiger partial charge in [-0.1, -0.05) is 49.5 Å². The molecule has 112 valence electrons. The van der Waals surface area contributed by atoms with Gasteiger partial charge in [-0.05, 0) is 37.1 Å². The number of benzene rings is 1. The van der Waals surface area contributed by atoms with E-state index in [-0.39, 0.29) is 5.91 Å². The lowest BCUT2D eigenvalue weighted by Gasteiger charge is -2.09. The van der Waals surface area contributed by atoms with Crippen LogP contribution in [0.2, 0.25) is 0 Å². The maximum atomic E-state index is 12.1. The first-order chi connectivity index (χ1) is 10.2. The van der Waals surface area contributed by atoms with Gasteiger partial charge in [0.25, 0.3) is 5.91 Å². The third-order valence-electron chi connectivity index (χ3n) is 3.13. The Bertz CT molecular complexity index is 552. The van der Waals surface area contributed by atoms with Crippen LogP contribution in [0.3, 0.4) is 0 Å². The minimum atomic E-state index is -0.00391. The quantitative estimate of drug-likeness (QED) is 0.448. The Labute approximate surface area is 135 Å². The van der Waals surface area contributed by atoms with Gasteiger partial charge in [0.1, 0.15) is 10.1 Å². The molecule has 0 bridgehead atoms. The molecule has 21 heavy (non-hydrogen) atoms. The highest BCUT2D eigenvalue weighted by atomic mass is 32.2. The van der Waals surface area contributed by atoms with Crippen LogP contribution in [0.25, 0.3) is 6.08 Å². The molecular weight excluding hydrogens is 302 g/mol. The van der Waals surface area contributed by atoms with Crippen molar-refractivity contribution in [2.45, 2.75) is 26.7 Å². The Morgan fingerprint density at radius 2 is 2.00 bits per heavy atom. The Morgan fingerprint density at radius 1 is 1.29 bits per heavy atom. The molecule has 0 unspecified atom stereocenters. The summed E-state index contributed by atoms with van der Waals surface area (Å²) in [6, 6.07) is 7.78. The normalized spacial score (nSPS) is 16.9. The van der Waals surface area contributed by atoms with Gasteiger partial charge in [0.2, 0.25) is 0 Å². The van der Waals surface area contributed by atoms with E-state index in [9.17, 15) is 4.79 Å². The number of nitrogens with zero attached hydrogens (tertiary/aromatic N) is 1. The Kier molecular flexibility index (Phi) is 5.82. The smallest absolute Gasteiger partial charge is 0.266 e. The summed E-state index contributed by atoms with van der Waals surface area (Å²) in [5.41, 5.74) is 0.981. The van der Waals surface area contributed by atoms with E-state index in [1.54, 1.807) is 4.90 Å². The number of hydrogen-bond donors (Lipinski definition) is 0. The Hall–Kier alpha value is -1.33. The lowest BCUT2D eigenvalue weighted by molar-refractivity contribution is -0.121. The van der Waals surface area contributed by atoms with E-state index >= 15 is 0 Å². The van der Waals surface area contributed by atoms with Crippen LogP contribution in [0.15, 0.2) is 29.2 Å². The molecule has 1 saturated heterocycles. The van der Waals surface area contributed by atoms with Crippen molar-refractivity contribution >= 4 is 40.3 Å². The van der Waals surface area contributed by atoms with E-state index < -0.39 is 0 Å². The van der Waals surface area contributed by atoms with E-state index in [0.29, 0.717) is 15.8 Å². The molecule has 1 amide bonds. The van der Waals surface area contributed by atoms with Crippen molar-refractivity contribution in [1.82, 2.24) is 4.90 Å². The van der Waals surface area contributed by atoms with Crippen LogP contribution in [0.5, 0.6) is 5.75 Å². The summed E-state index contributed by atoms with van der Waals surface area (Å²) in [5, 5.41) is 0. The monoisotopic (exact) mass is 321 g/mol. The number of thioether (sulfide) groups is 1. The predicted octanol–water partition coefficient (Wildman–Crippen LogP) is 4.09. The number of amides is 1. The third-order valence-corrected chi connectivity index (χ3v) is 4.51. The average Bonchev–Trinajstić information content (AvgIpc) is 2.75. The average molecular weight is 321 g/mol. The van der Waals surface area contributed by atoms with Crippen LogP contribution in [-0.4, -0.2) is 28.3 Å². The second-order valence-electron chi connectivity index (χ2n) is 4.70. The molecule has 1 fully saturated rings. The fraction of sp³-hybridized carbons (Fsp3) is 0.375. The molecule has 0 aromatic heterocycles. The van der Waals surface area contributed by atoms with E-state index in [4.69, 9.17) is 17.0 Å². The molecular formula is C16H19NO2S2. The molecule has 0 spiro atoms. The molecule has 1 aliphatic rings. The van der Waals surface area contributed by atoms with Gasteiger partial charge in [-0.15, -0.1) is 0 Å².